The summed E-state index contributed by atoms with van der Waals surface area (Å²) in [6, 6.07) is 19.1. The third-order valence-electron chi connectivity index (χ3n) is 6.11. The maximum absolute atomic E-state index is 14.6. The van der Waals surface area contributed by atoms with Gasteiger partial charge in [-0.05, 0) is 37.5 Å². The van der Waals surface area contributed by atoms with Crippen LogP contribution in [0.4, 0.5) is 0 Å². The van der Waals surface area contributed by atoms with Crippen molar-refractivity contribution >= 4 is 35.0 Å². The molecule has 0 heterocycles. The average Bonchev–Trinajstić information content (AvgIpc) is 2.86. The number of carbonyl (C=O) groups excluding carboxylic acids is 3. The SMILES string of the molecule is COC(=O)C(CC(=O)c1c(C)cc(C)c(C(=O)P(=O)(c2ccccc2)c2ccccc2)c1C)OC. The van der Waals surface area contributed by atoms with Crippen LogP contribution in [0, 0.1) is 20.8 Å². The number of Topliss-reactive ketones (excluding diaryl/α,β-unsaturated/α-hetero) is 1. The minimum atomic E-state index is -3.76. The third kappa shape index (κ3) is 5.04. The number of aryl methyl sites for hydroxylation is 2. The number of esters is 1. The van der Waals surface area contributed by atoms with Gasteiger partial charge in [-0.15, -0.1) is 0 Å². The third-order valence-corrected chi connectivity index (χ3v) is 8.96. The van der Waals surface area contributed by atoms with E-state index in [1.54, 1.807) is 87.5 Å². The number of ether oxygens (including phenoxy) is 2. The van der Waals surface area contributed by atoms with E-state index >= 15 is 0 Å². The first-order valence-electron chi connectivity index (χ1n) is 11.2. The van der Waals surface area contributed by atoms with E-state index in [-0.39, 0.29) is 17.8 Å². The normalized spacial score (nSPS) is 12.1. The molecule has 3 aromatic rings. The minimum Gasteiger partial charge on any atom is -0.467 e. The van der Waals surface area contributed by atoms with Crippen LogP contribution in [0.25, 0.3) is 0 Å². The largest absolute Gasteiger partial charge is 0.467 e. The summed E-state index contributed by atoms with van der Waals surface area (Å²) < 4.78 is 24.5. The molecule has 0 N–H and O–H groups in total. The molecule has 0 saturated heterocycles. The number of ketones is 1. The number of methoxy groups -OCH3 is 2. The van der Waals surface area contributed by atoms with Crippen LogP contribution in [0.3, 0.4) is 0 Å². The topological polar surface area (TPSA) is 86.7 Å². The van der Waals surface area contributed by atoms with Crippen molar-refractivity contribution < 1.29 is 28.4 Å². The van der Waals surface area contributed by atoms with Crippen LogP contribution in [-0.2, 0) is 18.8 Å². The second-order valence-electron chi connectivity index (χ2n) is 8.35. The summed E-state index contributed by atoms with van der Waals surface area (Å²) in [7, 11) is -1.21. The molecule has 0 fully saturated rings. The fourth-order valence-corrected chi connectivity index (χ4v) is 7.04. The van der Waals surface area contributed by atoms with E-state index < -0.39 is 24.7 Å². The number of hydrogen-bond acceptors (Lipinski definition) is 6. The second-order valence-corrected chi connectivity index (χ2v) is 11.0. The lowest BCUT2D eigenvalue weighted by Gasteiger charge is -2.22. The molecular formula is C28H29O6P. The van der Waals surface area contributed by atoms with Gasteiger partial charge >= 0.3 is 5.97 Å². The van der Waals surface area contributed by atoms with Gasteiger partial charge in [-0.25, -0.2) is 4.79 Å². The quantitative estimate of drug-likeness (QED) is 0.248. The van der Waals surface area contributed by atoms with E-state index in [0.29, 0.717) is 32.9 Å². The van der Waals surface area contributed by atoms with Crippen molar-refractivity contribution in [2.24, 2.45) is 0 Å². The zero-order chi connectivity index (χ0) is 25.8. The van der Waals surface area contributed by atoms with Gasteiger partial charge in [-0.1, -0.05) is 66.7 Å². The molecule has 182 valence electrons. The minimum absolute atomic E-state index is 0.240. The maximum atomic E-state index is 14.6. The zero-order valence-electron chi connectivity index (χ0n) is 20.5. The summed E-state index contributed by atoms with van der Waals surface area (Å²) in [4.78, 5) is 39.4. The first kappa shape index (κ1) is 26.3. The van der Waals surface area contributed by atoms with Crippen molar-refractivity contribution in [3.05, 3.63) is 94.5 Å². The van der Waals surface area contributed by atoms with E-state index in [2.05, 4.69) is 0 Å². The number of carbonyl (C=O) groups is 3. The van der Waals surface area contributed by atoms with Crippen molar-refractivity contribution in [1.82, 2.24) is 0 Å². The smallest absolute Gasteiger partial charge is 0.335 e. The Hall–Kier alpha value is -3.34. The van der Waals surface area contributed by atoms with E-state index in [0.717, 1.165) is 0 Å². The Balaban J connectivity index is 2.18. The predicted octanol–water partition coefficient (Wildman–Crippen LogP) is 4.53. The van der Waals surface area contributed by atoms with E-state index in [1.807, 2.05) is 0 Å². The lowest BCUT2D eigenvalue weighted by molar-refractivity contribution is -0.152. The van der Waals surface area contributed by atoms with Crippen LogP contribution < -0.4 is 10.6 Å². The molecule has 0 spiro atoms. The molecule has 0 bridgehead atoms. The Kier molecular flexibility index (Phi) is 8.21. The Bertz CT molecular complexity index is 1250. The highest BCUT2D eigenvalue weighted by atomic mass is 31.2. The van der Waals surface area contributed by atoms with Crippen molar-refractivity contribution in [3.63, 3.8) is 0 Å². The number of hydrogen-bond donors (Lipinski definition) is 0. The molecular weight excluding hydrogens is 463 g/mol. The highest BCUT2D eigenvalue weighted by molar-refractivity contribution is 7.93. The summed E-state index contributed by atoms with van der Waals surface area (Å²) in [5.74, 6) is -1.02. The average molecular weight is 493 g/mol. The van der Waals surface area contributed by atoms with E-state index in [9.17, 15) is 18.9 Å². The lowest BCUT2D eigenvalue weighted by Crippen LogP contribution is -2.28. The zero-order valence-corrected chi connectivity index (χ0v) is 21.4. The molecule has 3 aromatic carbocycles. The molecule has 0 radical (unpaired) electrons. The highest BCUT2D eigenvalue weighted by Crippen LogP contribution is 2.48. The van der Waals surface area contributed by atoms with Gasteiger partial charge in [0.05, 0.1) is 7.11 Å². The standard InChI is InChI=1S/C28H29O6P/c1-18-16-19(2)26(20(3)25(18)23(29)17-24(33-4)27(30)34-5)28(31)35(32,21-12-8-6-9-13-21)22-14-10-7-11-15-22/h6-16,24H,17H2,1-5H3. The van der Waals surface area contributed by atoms with Crippen LogP contribution in [0.5, 0.6) is 0 Å². The van der Waals surface area contributed by atoms with Gasteiger partial charge in [-0.3, -0.25) is 9.59 Å². The maximum Gasteiger partial charge on any atom is 0.335 e. The van der Waals surface area contributed by atoms with Crippen molar-refractivity contribution in [3.8, 4) is 0 Å². The van der Waals surface area contributed by atoms with Gasteiger partial charge in [0.15, 0.2) is 11.9 Å². The Morgan fingerprint density at radius 2 is 1.29 bits per heavy atom. The summed E-state index contributed by atoms with van der Waals surface area (Å²) in [6.07, 6.45) is -1.30. The summed E-state index contributed by atoms with van der Waals surface area (Å²) in [5.41, 5.74) is 1.76. The van der Waals surface area contributed by atoms with E-state index in [4.69, 9.17) is 9.47 Å². The Morgan fingerprint density at radius 1 is 0.800 bits per heavy atom. The molecule has 1 atom stereocenters. The fraction of sp³-hybridized carbons (Fsp3) is 0.250. The molecule has 3 rings (SSSR count). The molecule has 1 unspecified atom stereocenters. The summed E-state index contributed by atoms with van der Waals surface area (Å²) in [5, 5.41) is 0.849. The molecule has 0 aliphatic heterocycles. The predicted molar refractivity (Wildman–Crippen MR) is 137 cm³/mol. The second kappa shape index (κ2) is 10.9. The first-order valence-corrected chi connectivity index (χ1v) is 12.9. The molecule has 0 amide bonds. The molecule has 0 aliphatic rings. The molecule has 6 nitrogen and oxygen atoms in total. The van der Waals surface area contributed by atoms with E-state index in [1.165, 1.54) is 14.2 Å². The van der Waals surface area contributed by atoms with Crippen molar-refractivity contribution in [2.75, 3.05) is 14.2 Å². The van der Waals surface area contributed by atoms with Crippen LogP contribution >= 0.6 is 7.14 Å². The summed E-state index contributed by atoms with van der Waals surface area (Å²) in [6.45, 7) is 5.23. The first-order chi connectivity index (χ1) is 16.7. The Labute approximate surface area is 205 Å². The van der Waals surface area contributed by atoms with Crippen LogP contribution in [0.2, 0.25) is 0 Å². The molecule has 0 aromatic heterocycles. The highest BCUT2D eigenvalue weighted by Gasteiger charge is 2.39. The van der Waals surface area contributed by atoms with Crippen molar-refractivity contribution in [2.45, 2.75) is 33.3 Å². The monoisotopic (exact) mass is 492 g/mol. The van der Waals surface area contributed by atoms with Crippen LogP contribution in [0.15, 0.2) is 66.7 Å². The molecule has 7 heteroatoms. The molecule has 0 saturated carbocycles. The van der Waals surface area contributed by atoms with Gasteiger partial charge in [0.1, 0.15) is 0 Å². The van der Waals surface area contributed by atoms with Gasteiger partial charge in [-0.2, -0.15) is 0 Å². The summed E-state index contributed by atoms with van der Waals surface area (Å²) >= 11 is 0. The van der Waals surface area contributed by atoms with Gasteiger partial charge in [0, 0.05) is 35.3 Å². The molecule has 0 aliphatic carbocycles. The number of rotatable bonds is 9. The lowest BCUT2D eigenvalue weighted by atomic mass is 9.90. The van der Waals surface area contributed by atoms with Gasteiger partial charge in [0.25, 0.3) is 0 Å². The fourth-order valence-electron chi connectivity index (χ4n) is 4.43. The molecule has 35 heavy (non-hydrogen) atoms. The van der Waals surface area contributed by atoms with Gasteiger partial charge in [0.2, 0.25) is 12.7 Å². The van der Waals surface area contributed by atoms with Crippen LogP contribution in [0.1, 0.15) is 43.8 Å². The van der Waals surface area contributed by atoms with Crippen molar-refractivity contribution in [1.29, 1.82) is 0 Å². The number of benzene rings is 3. The van der Waals surface area contributed by atoms with Gasteiger partial charge < -0.3 is 14.0 Å². The van der Waals surface area contributed by atoms with Crippen LogP contribution in [-0.4, -0.2) is 37.6 Å². The Morgan fingerprint density at radius 3 is 1.74 bits per heavy atom.